The van der Waals surface area contributed by atoms with Crippen molar-refractivity contribution in [3.8, 4) is 5.75 Å². The van der Waals surface area contributed by atoms with Gasteiger partial charge in [0.15, 0.2) is 0 Å². The molecule has 0 bridgehead atoms. The number of ether oxygens (including phenoxy) is 1. The average Bonchev–Trinajstić information content (AvgIpc) is 2.48. The second-order valence-corrected chi connectivity index (χ2v) is 5.27. The number of aliphatic hydroxyl groups excluding tert-OH is 1. The number of primary amides is 1. The number of rotatable bonds is 5. The molecular weight excluding hydrogens is 270 g/mol. The van der Waals surface area contributed by atoms with Crippen molar-refractivity contribution >= 4 is 11.6 Å². The van der Waals surface area contributed by atoms with Gasteiger partial charge in [0.2, 0.25) is 5.91 Å². The van der Waals surface area contributed by atoms with E-state index in [0.29, 0.717) is 17.7 Å². The number of nitrogens with two attached hydrogens (primary N) is 1. The van der Waals surface area contributed by atoms with Crippen molar-refractivity contribution in [3.05, 3.63) is 23.3 Å². The van der Waals surface area contributed by atoms with Gasteiger partial charge in [-0.1, -0.05) is 0 Å². The summed E-state index contributed by atoms with van der Waals surface area (Å²) < 4.78 is 5.46. The molecule has 1 amide bonds. The van der Waals surface area contributed by atoms with Crippen molar-refractivity contribution in [2.75, 3.05) is 51.8 Å². The molecule has 1 aromatic rings. The zero-order chi connectivity index (χ0) is 15.4. The number of carbonyl (C=O) groups is 1. The third kappa shape index (κ3) is 3.28. The number of likely N-dealkylation sites (N-methyl/N-ethyl adjacent to an activating group) is 1. The Kier molecular flexibility index (Phi) is 5.03. The first-order valence-electron chi connectivity index (χ1n) is 7.12. The summed E-state index contributed by atoms with van der Waals surface area (Å²) in [5.41, 5.74) is 7.58. The number of anilines is 1. The van der Waals surface area contributed by atoms with Crippen LogP contribution in [0.25, 0.3) is 0 Å². The topological polar surface area (TPSA) is 79.0 Å². The van der Waals surface area contributed by atoms with Gasteiger partial charge in [0.05, 0.1) is 12.8 Å². The molecule has 0 radical (unpaired) electrons. The van der Waals surface area contributed by atoms with Crippen LogP contribution < -0.4 is 15.4 Å². The van der Waals surface area contributed by atoms with Crippen molar-refractivity contribution in [1.82, 2.24) is 4.90 Å². The van der Waals surface area contributed by atoms with Crippen LogP contribution in [0.1, 0.15) is 15.9 Å². The predicted octanol–water partition coefficient (Wildman–Crippen LogP) is 0.0807. The SMILES string of the molecule is COc1ccc(C(N)=O)c(CCO)c1N1CCN(C)CC1. The Morgan fingerprint density at radius 1 is 1.33 bits per heavy atom. The van der Waals surface area contributed by atoms with E-state index >= 15 is 0 Å². The summed E-state index contributed by atoms with van der Waals surface area (Å²) in [5.74, 6) is 0.240. The highest BCUT2D eigenvalue weighted by Crippen LogP contribution is 2.35. The Balaban J connectivity index is 2.48. The van der Waals surface area contributed by atoms with Crippen LogP contribution in [0.4, 0.5) is 5.69 Å². The minimum absolute atomic E-state index is 0.0335. The molecule has 1 heterocycles. The first-order valence-corrected chi connectivity index (χ1v) is 7.12. The monoisotopic (exact) mass is 293 g/mol. The molecule has 0 saturated carbocycles. The summed E-state index contributed by atoms with van der Waals surface area (Å²) in [4.78, 5) is 16.1. The highest BCUT2D eigenvalue weighted by molar-refractivity contribution is 5.96. The Bertz CT molecular complexity index is 511. The van der Waals surface area contributed by atoms with Crippen molar-refractivity contribution in [2.24, 2.45) is 5.73 Å². The van der Waals surface area contributed by atoms with E-state index in [0.717, 1.165) is 37.4 Å². The van der Waals surface area contributed by atoms with Gasteiger partial charge in [-0.05, 0) is 31.2 Å². The minimum atomic E-state index is -0.475. The van der Waals surface area contributed by atoms with E-state index in [-0.39, 0.29) is 6.61 Å². The molecule has 0 atom stereocenters. The third-order valence-electron chi connectivity index (χ3n) is 3.91. The maximum Gasteiger partial charge on any atom is 0.249 e. The minimum Gasteiger partial charge on any atom is -0.495 e. The molecule has 0 aliphatic carbocycles. The Morgan fingerprint density at radius 2 is 2.00 bits per heavy atom. The van der Waals surface area contributed by atoms with Gasteiger partial charge in [0.1, 0.15) is 5.75 Å². The molecule has 3 N–H and O–H groups in total. The molecule has 1 saturated heterocycles. The van der Waals surface area contributed by atoms with Gasteiger partial charge in [-0.15, -0.1) is 0 Å². The lowest BCUT2D eigenvalue weighted by molar-refractivity contribution is 0.0999. The van der Waals surface area contributed by atoms with Gasteiger partial charge in [-0.2, -0.15) is 0 Å². The number of benzene rings is 1. The highest BCUT2D eigenvalue weighted by atomic mass is 16.5. The summed E-state index contributed by atoms with van der Waals surface area (Å²) in [6.45, 7) is 3.57. The highest BCUT2D eigenvalue weighted by Gasteiger charge is 2.24. The van der Waals surface area contributed by atoms with Crippen LogP contribution in [0.5, 0.6) is 5.75 Å². The van der Waals surface area contributed by atoms with Crippen LogP contribution in [0.15, 0.2) is 12.1 Å². The molecule has 1 aliphatic rings. The molecule has 21 heavy (non-hydrogen) atoms. The van der Waals surface area contributed by atoms with Gasteiger partial charge in [-0.3, -0.25) is 4.79 Å². The summed E-state index contributed by atoms with van der Waals surface area (Å²) in [6.07, 6.45) is 0.386. The molecule has 1 fully saturated rings. The summed E-state index contributed by atoms with van der Waals surface area (Å²) in [6, 6.07) is 3.44. The Hall–Kier alpha value is -1.79. The number of hydrogen-bond acceptors (Lipinski definition) is 5. The molecule has 0 spiro atoms. The van der Waals surface area contributed by atoms with Crippen molar-refractivity contribution in [2.45, 2.75) is 6.42 Å². The van der Waals surface area contributed by atoms with E-state index in [1.807, 2.05) is 0 Å². The number of piperazine rings is 1. The van der Waals surface area contributed by atoms with Gasteiger partial charge in [0, 0.05) is 38.3 Å². The molecule has 1 aliphatic heterocycles. The quantitative estimate of drug-likeness (QED) is 0.804. The maximum atomic E-state index is 11.7. The van der Waals surface area contributed by atoms with Crippen LogP contribution in [0.3, 0.4) is 0 Å². The molecule has 1 aromatic carbocycles. The van der Waals surface area contributed by atoms with Gasteiger partial charge in [0.25, 0.3) is 0 Å². The fourth-order valence-electron chi connectivity index (χ4n) is 2.75. The Labute approximate surface area is 125 Å². The van der Waals surface area contributed by atoms with Gasteiger partial charge < -0.3 is 25.4 Å². The predicted molar refractivity (Wildman–Crippen MR) is 82.0 cm³/mol. The fraction of sp³-hybridized carbons (Fsp3) is 0.533. The fourth-order valence-corrected chi connectivity index (χ4v) is 2.75. The molecule has 116 valence electrons. The number of carbonyl (C=O) groups excluding carboxylic acids is 1. The van der Waals surface area contributed by atoms with E-state index in [2.05, 4.69) is 16.8 Å². The lowest BCUT2D eigenvalue weighted by atomic mass is 9.99. The zero-order valence-corrected chi connectivity index (χ0v) is 12.6. The number of methoxy groups -OCH3 is 1. The van der Waals surface area contributed by atoms with Crippen LogP contribution >= 0.6 is 0 Å². The average molecular weight is 293 g/mol. The summed E-state index contributed by atoms with van der Waals surface area (Å²) in [7, 11) is 3.70. The standard InChI is InChI=1S/C15H23N3O3/c1-17-6-8-18(9-7-17)14-11(5-10-19)12(15(16)20)3-4-13(14)21-2/h3-4,19H,5-10H2,1-2H3,(H2,16,20). The molecule has 6 heteroatoms. The number of hydrogen-bond donors (Lipinski definition) is 2. The second-order valence-electron chi connectivity index (χ2n) is 5.27. The van der Waals surface area contributed by atoms with Crippen LogP contribution in [-0.2, 0) is 6.42 Å². The first-order chi connectivity index (χ1) is 10.1. The summed E-state index contributed by atoms with van der Waals surface area (Å²) in [5, 5.41) is 9.33. The van der Waals surface area contributed by atoms with Crippen LogP contribution in [0, 0.1) is 0 Å². The van der Waals surface area contributed by atoms with Gasteiger partial charge >= 0.3 is 0 Å². The van der Waals surface area contributed by atoms with Crippen LogP contribution in [0.2, 0.25) is 0 Å². The van der Waals surface area contributed by atoms with E-state index in [1.165, 1.54) is 0 Å². The zero-order valence-electron chi connectivity index (χ0n) is 12.6. The molecular formula is C15H23N3O3. The van der Waals surface area contributed by atoms with Gasteiger partial charge in [-0.25, -0.2) is 0 Å². The largest absolute Gasteiger partial charge is 0.495 e. The lowest BCUT2D eigenvalue weighted by Crippen LogP contribution is -2.45. The molecule has 6 nitrogen and oxygen atoms in total. The van der Waals surface area contributed by atoms with Crippen LogP contribution in [-0.4, -0.2) is 62.9 Å². The maximum absolute atomic E-state index is 11.7. The number of nitrogens with zero attached hydrogens (tertiary/aromatic N) is 2. The lowest BCUT2D eigenvalue weighted by Gasteiger charge is -2.36. The Morgan fingerprint density at radius 3 is 2.52 bits per heavy atom. The third-order valence-corrected chi connectivity index (χ3v) is 3.91. The normalized spacial score (nSPS) is 16.0. The smallest absolute Gasteiger partial charge is 0.249 e. The van der Waals surface area contributed by atoms with E-state index in [9.17, 15) is 9.90 Å². The number of amides is 1. The summed E-state index contributed by atoms with van der Waals surface area (Å²) >= 11 is 0. The number of aliphatic hydroxyl groups is 1. The van der Waals surface area contributed by atoms with E-state index in [1.54, 1.807) is 19.2 Å². The van der Waals surface area contributed by atoms with E-state index in [4.69, 9.17) is 10.5 Å². The van der Waals surface area contributed by atoms with Crippen molar-refractivity contribution < 1.29 is 14.6 Å². The van der Waals surface area contributed by atoms with Crippen molar-refractivity contribution in [1.29, 1.82) is 0 Å². The van der Waals surface area contributed by atoms with Crippen molar-refractivity contribution in [3.63, 3.8) is 0 Å². The first kappa shape index (κ1) is 15.6. The second kappa shape index (κ2) is 6.78. The van der Waals surface area contributed by atoms with E-state index < -0.39 is 5.91 Å². The molecule has 0 aromatic heterocycles. The molecule has 0 unspecified atom stereocenters. The molecule has 2 rings (SSSR count).